The number of aryl methyl sites for hydroxylation is 2. The first kappa shape index (κ1) is 18.9. The molecular weight excluding hydrogens is 393 g/mol. The Hall–Kier alpha value is -2.84. The molecule has 0 fully saturated rings. The number of aromatic nitrogens is 4. The van der Waals surface area contributed by atoms with Crippen LogP contribution in [0.2, 0.25) is 10.0 Å². The highest BCUT2D eigenvalue weighted by molar-refractivity contribution is 6.36. The third-order valence-electron chi connectivity index (χ3n) is 3.87. The van der Waals surface area contributed by atoms with Gasteiger partial charge in [-0.2, -0.15) is 10.2 Å². The summed E-state index contributed by atoms with van der Waals surface area (Å²) >= 11 is 12.4. The van der Waals surface area contributed by atoms with Crippen LogP contribution in [0.25, 0.3) is 0 Å². The van der Waals surface area contributed by atoms with Crippen molar-refractivity contribution in [2.75, 3.05) is 5.32 Å². The van der Waals surface area contributed by atoms with Crippen LogP contribution in [0.3, 0.4) is 0 Å². The first-order valence-corrected chi connectivity index (χ1v) is 8.57. The Labute approximate surface area is 164 Å². The number of carboxylic acids is 1. The molecule has 0 bridgehead atoms. The molecule has 0 saturated carbocycles. The largest absolute Gasteiger partial charge is 0.478 e. The average molecular weight is 408 g/mol. The van der Waals surface area contributed by atoms with Crippen LogP contribution in [0.5, 0.6) is 0 Å². The summed E-state index contributed by atoms with van der Waals surface area (Å²) in [5.74, 6) is -1.63. The number of carbonyl (C=O) groups is 2. The Morgan fingerprint density at radius 3 is 2.52 bits per heavy atom. The second-order valence-electron chi connectivity index (χ2n) is 5.85. The predicted octanol–water partition coefficient (Wildman–Crippen LogP) is 3.23. The van der Waals surface area contributed by atoms with Gasteiger partial charge in [0.2, 0.25) is 0 Å². The van der Waals surface area contributed by atoms with Crippen molar-refractivity contribution in [3.05, 3.63) is 63.0 Å². The maximum atomic E-state index is 12.4. The van der Waals surface area contributed by atoms with Gasteiger partial charge in [-0.25, -0.2) is 4.79 Å². The molecule has 0 saturated heterocycles. The van der Waals surface area contributed by atoms with Crippen molar-refractivity contribution in [2.24, 2.45) is 7.05 Å². The minimum absolute atomic E-state index is 0.186. The summed E-state index contributed by atoms with van der Waals surface area (Å²) in [6.07, 6.45) is 1.26. The molecule has 0 unspecified atom stereocenters. The van der Waals surface area contributed by atoms with E-state index in [1.165, 1.54) is 17.9 Å². The standard InChI is InChI=1S/C17H15Cl2N5O3/c1-9-6-14(20-16(25)15-11(17(26)27)7-23(2)22-15)21-24(9)8-10-12(18)4-3-5-13(10)19/h3-7H,8H2,1-2H3,(H,26,27)(H,20,21,25). The van der Waals surface area contributed by atoms with E-state index in [-0.39, 0.29) is 17.1 Å². The molecule has 10 heteroatoms. The Balaban J connectivity index is 1.83. The molecular formula is C17H15Cl2N5O3. The van der Waals surface area contributed by atoms with Gasteiger partial charge in [-0.1, -0.05) is 29.3 Å². The number of amides is 1. The molecule has 8 nitrogen and oxygen atoms in total. The highest BCUT2D eigenvalue weighted by atomic mass is 35.5. The van der Waals surface area contributed by atoms with Gasteiger partial charge in [0.1, 0.15) is 5.56 Å². The maximum absolute atomic E-state index is 12.4. The number of hydrogen-bond acceptors (Lipinski definition) is 4. The van der Waals surface area contributed by atoms with Crippen molar-refractivity contribution in [1.82, 2.24) is 19.6 Å². The number of halogens is 2. The molecule has 0 radical (unpaired) electrons. The van der Waals surface area contributed by atoms with Crippen molar-refractivity contribution >= 4 is 40.9 Å². The average Bonchev–Trinajstić information content (AvgIpc) is 3.14. The minimum atomic E-state index is -1.23. The van der Waals surface area contributed by atoms with Crippen LogP contribution in [0.4, 0.5) is 5.82 Å². The quantitative estimate of drug-likeness (QED) is 0.675. The molecule has 1 amide bonds. The molecule has 2 N–H and O–H groups in total. The lowest BCUT2D eigenvalue weighted by atomic mass is 10.2. The normalized spacial score (nSPS) is 10.8. The van der Waals surface area contributed by atoms with Crippen molar-refractivity contribution in [3.63, 3.8) is 0 Å². The fourth-order valence-corrected chi connectivity index (χ4v) is 3.07. The lowest BCUT2D eigenvalue weighted by molar-refractivity contribution is 0.0692. The van der Waals surface area contributed by atoms with Gasteiger partial charge in [0.05, 0.1) is 6.54 Å². The Morgan fingerprint density at radius 2 is 1.89 bits per heavy atom. The van der Waals surface area contributed by atoms with Gasteiger partial charge < -0.3 is 10.4 Å². The number of rotatable bonds is 5. The van der Waals surface area contributed by atoms with E-state index < -0.39 is 11.9 Å². The Bertz CT molecular complexity index is 1020. The fourth-order valence-electron chi connectivity index (χ4n) is 2.55. The van der Waals surface area contributed by atoms with E-state index in [9.17, 15) is 14.7 Å². The molecule has 3 rings (SSSR count). The molecule has 3 aromatic rings. The van der Waals surface area contributed by atoms with E-state index in [1.807, 2.05) is 6.92 Å². The summed E-state index contributed by atoms with van der Waals surface area (Å²) in [4.78, 5) is 23.6. The molecule has 2 aromatic heterocycles. The monoisotopic (exact) mass is 407 g/mol. The molecule has 27 heavy (non-hydrogen) atoms. The summed E-state index contributed by atoms with van der Waals surface area (Å²) in [7, 11) is 1.54. The fraction of sp³-hybridized carbons (Fsp3) is 0.176. The molecule has 2 heterocycles. The third-order valence-corrected chi connectivity index (χ3v) is 4.57. The van der Waals surface area contributed by atoms with Gasteiger partial charge in [0, 0.05) is 40.6 Å². The van der Waals surface area contributed by atoms with Gasteiger partial charge in [0.25, 0.3) is 5.91 Å². The van der Waals surface area contributed by atoms with Crippen molar-refractivity contribution < 1.29 is 14.7 Å². The zero-order chi connectivity index (χ0) is 19.7. The number of aromatic carboxylic acids is 1. The molecule has 1 aromatic carbocycles. The molecule has 0 aliphatic rings. The van der Waals surface area contributed by atoms with Crippen molar-refractivity contribution in [1.29, 1.82) is 0 Å². The van der Waals surface area contributed by atoms with Crippen LogP contribution >= 0.6 is 23.2 Å². The third kappa shape index (κ3) is 3.96. The summed E-state index contributed by atoms with van der Waals surface area (Å²) in [5, 5.41) is 21.0. The topological polar surface area (TPSA) is 102 Å². The van der Waals surface area contributed by atoms with Gasteiger partial charge in [0.15, 0.2) is 11.5 Å². The smallest absolute Gasteiger partial charge is 0.339 e. The number of anilines is 1. The summed E-state index contributed by atoms with van der Waals surface area (Å²) in [6.45, 7) is 2.14. The highest BCUT2D eigenvalue weighted by Crippen LogP contribution is 2.26. The van der Waals surface area contributed by atoms with E-state index >= 15 is 0 Å². The van der Waals surface area contributed by atoms with Gasteiger partial charge >= 0.3 is 5.97 Å². The van der Waals surface area contributed by atoms with Crippen LogP contribution in [0, 0.1) is 6.92 Å². The van der Waals surface area contributed by atoms with Crippen LogP contribution in [-0.4, -0.2) is 36.5 Å². The van der Waals surface area contributed by atoms with E-state index in [4.69, 9.17) is 23.2 Å². The molecule has 140 valence electrons. The summed E-state index contributed by atoms with van der Waals surface area (Å²) in [5.41, 5.74) is 1.10. The second-order valence-corrected chi connectivity index (χ2v) is 6.67. The zero-order valence-corrected chi connectivity index (χ0v) is 15.9. The highest BCUT2D eigenvalue weighted by Gasteiger charge is 2.22. The van der Waals surface area contributed by atoms with E-state index in [1.54, 1.807) is 28.9 Å². The maximum Gasteiger partial charge on any atom is 0.339 e. The molecule has 0 aliphatic carbocycles. The van der Waals surface area contributed by atoms with Gasteiger partial charge in [-0.3, -0.25) is 14.2 Å². The molecule has 0 aliphatic heterocycles. The second kappa shape index (κ2) is 7.42. The van der Waals surface area contributed by atoms with Crippen LogP contribution in [-0.2, 0) is 13.6 Å². The van der Waals surface area contributed by atoms with Crippen LogP contribution in [0.15, 0.2) is 30.5 Å². The van der Waals surface area contributed by atoms with E-state index in [0.717, 1.165) is 5.69 Å². The minimum Gasteiger partial charge on any atom is -0.478 e. The number of carbonyl (C=O) groups excluding carboxylic acids is 1. The lowest BCUT2D eigenvalue weighted by Crippen LogP contribution is -2.17. The predicted molar refractivity (Wildman–Crippen MR) is 101 cm³/mol. The van der Waals surface area contributed by atoms with Crippen LogP contribution < -0.4 is 5.32 Å². The van der Waals surface area contributed by atoms with Crippen molar-refractivity contribution in [2.45, 2.75) is 13.5 Å². The molecule has 0 atom stereocenters. The number of nitrogens with zero attached hydrogens (tertiary/aromatic N) is 4. The first-order valence-electron chi connectivity index (χ1n) is 7.82. The Morgan fingerprint density at radius 1 is 1.22 bits per heavy atom. The van der Waals surface area contributed by atoms with Crippen molar-refractivity contribution in [3.8, 4) is 0 Å². The van der Waals surface area contributed by atoms with Gasteiger partial charge in [-0.05, 0) is 19.1 Å². The number of nitrogens with one attached hydrogen (secondary N) is 1. The first-order chi connectivity index (χ1) is 12.8. The number of hydrogen-bond donors (Lipinski definition) is 2. The van der Waals surface area contributed by atoms with E-state index in [0.29, 0.717) is 22.2 Å². The number of carboxylic acid groups (broad SMARTS) is 1. The summed E-state index contributed by atoms with van der Waals surface area (Å²) < 4.78 is 2.90. The number of benzene rings is 1. The Kier molecular flexibility index (Phi) is 5.20. The van der Waals surface area contributed by atoms with E-state index in [2.05, 4.69) is 15.5 Å². The summed E-state index contributed by atoms with van der Waals surface area (Å²) in [6, 6.07) is 6.88. The molecule has 0 spiro atoms. The van der Waals surface area contributed by atoms with Crippen LogP contribution in [0.1, 0.15) is 32.1 Å². The van der Waals surface area contributed by atoms with Gasteiger partial charge in [-0.15, -0.1) is 0 Å². The SMILES string of the molecule is Cc1cc(NC(=O)c2nn(C)cc2C(=O)O)nn1Cc1c(Cl)cccc1Cl. The lowest BCUT2D eigenvalue weighted by Gasteiger charge is -2.08. The zero-order valence-electron chi connectivity index (χ0n) is 14.4.